The fourth-order valence-electron chi connectivity index (χ4n) is 3.15. The zero-order valence-electron chi connectivity index (χ0n) is 13.8. The third-order valence-corrected chi connectivity index (χ3v) is 5.44. The number of carbonyl (C=O) groups excluding carboxylic acids is 1. The second-order valence-electron chi connectivity index (χ2n) is 6.32. The van der Waals surface area contributed by atoms with Gasteiger partial charge in [0.25, 0.3) is 5.91 Å². The minimum absolute atomic E-state index is 0.0209. The molecule has 1 aromatic heterocycles. The molecule has 0 radical (unpaired) electrons. The summed E-state index contributed by atoms with van der Waals surface area (Å²) in [5, 5.41) is 7.45. The average molecular weight is 328 g/mol. The summed E-state index contributed by atoms with van der Waals surface area (Å²) in [6.45, 7) is 7.03. The molecule has 1 saturated heterocycles. The van der Waals surface area contributed by atoms with Crippen molar-refractivity contribution in [2.45, 2.75) is 32.7 Å². The van der Waals surface area contributed by atoms with Crippen molar-refractivity contribution in [2.24, 2.45) is 0 Å². The summed E-state index contributed by atoms with van der Waals surface area (Å²) in [5.41, 5.74) is 4.44. The molecular formula is C19H24N2OS. The predicted octanol–water partition coefficient (Wildman–Crippen LogP) is 3.93. The van der Waals surface area contributed by atoms with E-state index in [0.717, 1.165) is 24.2 Å². The average Bonchev–Trinajstić information content (AvgIpc) is 3.24. The number of hydrogen-bond acceptors (Lipinski definition) is 3. The van der Waals surface area contributed by atoms with Crippen LogP contribution in [0.2, 0.25) is 0 Å². The number of nitrogens with one attached hydrogen (secondary N) is 1. The highest BCUT2D eigenvalue weighted by molar-refractivity contribution is 7.07. The lowest BCUT2D eigenvalue weighted by Gasteiger charge is -2.27. The normalized spacial score (nSPS) is 16.4. The minimum Gasteiger partial charge on any atom is -0.350 e. The summed E-state index contributed by atoms with van der Waals surface area (Å²) in [7, 11) is 0. The molecule has 1 amide bonds. The lowest BCUT2D eigenvalue weighted by molar-refractivity contribution is 0.0938. The Morgan fingerprint density at radius 3 is 2.65 bits per heavy atom. The Kier molecular flexibility index (Phi) is 5.13. The second-order valence-corrected chi connectivity index (χ2v) is 7.10. The Bertz CT molecular complexity index is 660. The predicted molar refractivity (Wildman–Crippen MR) is 96.1 cm³/mol. The highest BCUT2D eigenvalue weighted by Crippen LogP contribution is 2.26. The van der Waals surface area contributed by atoms with Gasteiger partial charge < -0.3 is 5.32 Å². The van der Waals surface area contributed by atoms with Gasteiger partial charge in [-0.15, -0.1) is 0 Å². The third kappa shape index (κ3) is 3.82. The van der Waals surface area contributed by atoms with Crippen molar-refractivity contribution in [3.8, 4) is 0 Å². The van der Waals surface area contributed by atoms with Gasteiger partial charge in [0.1, 0.15) is 0 Å². The summed E-state index contributed by atoms with van der Waals surface area (Å²) in [6.07, 6.45) is 2.51. The van der Waals surface area contributed by atoms with Crippen LogP contribution < -0.4 is 5.32 Å². The smallest absolute Gasteiger partial charge is 0.251 e. The molecule has 1 aliphatic rings. The Balaban J connectivity index is 1.68. The van der Waals surface area contributed by atoms with Gasteiger partial charge in [0, 0.05) is 12.1 Å². The topological polar surface area (TPSA) is 32.3 Å². The van der Waals surface area contributed by atoms with Gasteiger partial charge in [-0.3, -0.25) is 9.69 Å². The first-order valence-corrected chi connectivity index (χ1v) is 9.21. The molecule has 1 aromatic carbocycles. The van der Waals surface area contributed by atoms with E-state index in [1.165, 1.54) is 24.0 Å². The number of hydrogen-bond donors (Lipinski definition) is 1. The number of likely N-dealkylation sites (tertiary alicyclic amines) is 1. The molecule has 23 heavy (non-hydrogen) atoms. The molecule has 3 rings (SSSR count). The van der Waals surface area contributed by atoms with E-state index >= 15 is 0 Å². The van der Waals surface area contributed by atoms with Crippen LogP contribution in [0.4, 0.5) is 0 Å². The van der Waals surface area contributed by atoms with Crippen molar-refractivity contribution < 1.29 is 4.79 Å². The van der Waals surface area contributed by atoms with Crippen molar-refractivity contribution in [1.29, 1.82) is 0 Å². The van der Waals surface area contributed by atoms with Gasteiger partial charge in [-0.2, -0.15) is 11.3 Å². The summed E-state index contributed by atoms with van der Waals surface area (Å²) in [4.78, 5) is 15.0. The van der Waals surface area contributed by atoms with E-state index in [0.29, 0.717) is 12.6 Å². The van der Waals surface area contributed by atoms with E-state index in [4.69, 9.17) is 0 Å². The van der Waals surface area contributed by atoms with Crippen LogP contribution in [0.3, 0.4) is 0 Å². The molecule has 0 spiro atoms. The van der Waals surface area contributed by atoms with E-state index in [1.54, 1.807) is 11.3 Å². The van der Waals surface area contributed by atoms with Crippen LogP contribution in [0.5, 0.6) is 0 Å². The minimum atomic E-state index is 0.0209. The SMILES string of the molecule is Cc1ccc(C(=O)NC[C@@H](c2ccsc2)N2CCCC2)cc1C. The summed E-state index contributed by atoms with van der Waals surface area (Å²) < 4.78 is 0. The van der Waals surface area contributed by atoms with Crippen LogP contribution in [0.1, 0.15) is 45.9 Å². The quantitative estimate of drug-likeness (QED) is 0.902. The van der Waals surface area contributed by atoms with Crippen LogP contribution in [-0.2, 0) is 0 Å². The highest BCUT2D eigenvalue weighted by atomic mass is 32.1. The molecule has 2 aromatic rings. The molecule has 122 valence electrons. The molecule has 2 heterocycles. The van der Waals surface area contributed by atoms with Gasteiger partial charge in [0.15, 0.2) is 0 Å². The number of aryl methyl sites for hydroxylation is 2. The lowest BCUT2D eigenvalue weighted by atomic mass is 10.1. The van der Waals surface area contributed by atoms with Gasteiger partial charge in [0.05, 0.1) is 6.04 Å². The van der Waals surface area contributed by atoms with Crippen LogP contribution >= 0.6 is 11.3 Å². The van der Waals surface area contributed by atoms with E-state index in [2.05, 4.69) is 34.0 Å². The van der Waals surface area contributed by atoms with Crippen molar-refractivity contribution in [2.75, 3.05) is 19.6 Å². The first kappa shape index (κ1) is 16.2. The monoisotopic (exact) mass is 328 g/mol. The molecular weight excluding hydrogens is 304 g/mol. The maximum Gasteiger partial charge on any atom is 0.251 e. The van der Waals surface area contributed by atoms with E-state index in [9.17, 15) is 4.79 Å². The van der Waals surface area contributed by atoms with Crippen molar-refractivity contribution in [3.63, 3.8) is 0 Å². The number of rotatable bonds is 5. The molecule has 1 fully saturated rings. The van der Waals surface area contributed by atoms with Crippen LogP contribution in [-0.4, -0.2) is 30.4 Å². The Labute approximate surface area is 142 Å². The van der Waals surface area contributed by atoms with Gasteiger partial charge in [-0.05, 0) is 85.4 Å². The molecule has 1 N–H and O–H groups in total. The fraction of sp³-hybridized carbons (Fsp3) is 0.421. The van der Waals surface area contributed by atoms with Gasteiger partial charge >= 0.3 is 0 Å². The van der Waals surface area contributed by atoms with Crippen LogP contribution in [0, 0.1) is 13.8 Å². The molecule has 0 unspecified atom stereocenters. The molecule has 4 heteroatoms. The maximum atomic E-state index is 12.5. The van der Waals surface area contributed by atoms with Crippen LogP contribution in [0.25, 0.3) is 0 Å². The Hall–Kier alpha value is -1.65. The first-order chi connectivity index (χ1) is 11.1. The van der Waals surface area contributed by atoms with E-state index < -0.39 is 0 Å². The third-order valence-electron chi connectivity index (χ3n) is 4.73. The van der Waals surface area contributed by atoms with E-state index in [1.807, 2.05) is 25.1 Å². The largest absolute Gasteiger partial charge is 0.350 e. The zero-order valence-corrected chi connectivity index (χ0v) is 14.7. The molecule has 3 nitrogen and oxygen atoms in total. The fourth-order valence-corrected chi connectivity index (χ4v) is 3.86. The number of carbonyl (C=O) groups is 1. The molecule has 1 atom stereocenters. The molecule has 0 aliphatic carbocycles. The van der Waals surface area contributed by atoms with Gasteiger partial charge in [0.2, 0.25) is 0 Å². The summed E-state index contributed by atoms with van der Waals surface area (Å²) in [5.74, 6) is 0.0209. The summed E-state index contributed by atoms with van der Waals surface area (Å²) >= 11 is 1.72. The lowest BCUT2D eigenvalue weighted by Crippen LogP contribution is -2.36. The molecule has 0 saturated carbocycles. The summed E-state index contributed by atoms with van der Waals surface area (Å²) in [6, 6.07) is 8.36. The Morgan fingerprint density at radius 1 is 1.22 bits per heavy atom. The zero-order chi connectivity index (χ0) is 16.2. The van der Waals surface area contributed by atoms with E-state index in [-0.39, 0.29) is 5.91 Å². The van der Waals surface area contributed by atoms with Crippen molar-refractivity contribution in [3.05, 3.63) is 57.3 Å². The maximum absolute atomic E-state index is 12.5. The number of benzene rings is 1. The molecule has 0 bridgehead atoms. The van der Waals surface area contributed by atoms with Gasteiger partial charge in [-0.25, -0.2) is 0 Å². The standard InChI is InChI=1S/C19H24N2OS/c1-14-5-6-16(11-15(14)2)19(22)20-12-18(17-7-10-23-13-17)21-8-3-4-9-21/h5-7,10-11,13,18H,3-4,8-9,12H2,1-2H3,(H,20,22)/t18-/m0/s1. The van der Waals surface area contributed by atoms with Crippen molar-refractivity contribution >= 4 is 17.2 Å². The number of nitrogens with zero attached hydrogens (tertiary/aromatic N) is 1. The number of thiophene rings is 1. The Morgan fingerprint density at radius 2 is 2.00 bits per heavy atom. The van der Waals surface area contributed by atoms with Crippen molar-refractivity contribution in [1.82, 2.24) is 10.2 Å². The first-order valence-electron chi connectivity index (χ1n) is 8.27. The number of amides is 1. The highest BCUT2D eigenvalue weighted by Gasteiger charge is 2.24. The van der Waals surface area contributed by atoms with Crippen LogP contribution in [0.15, 0.2) is 35.0 Å². The molecule has 1 aliphatic heterocycles. The van der Waals surface area contributed by atoms with Gasteiger partial charge in [-0.1, -0.05) is 6.07 Å². The second kappa shape index (κ2) is 7.28.